The van der Waals surface area contributed by atoms with Gasteiger partial charge in [-0.1, -0.05) is 18.2 Å². The van der Waals surface area contributed by atoms with Crippen molar-refractivity contribution in [2.75, 3.05) is 0 Å². The Morgan fingerprint density at radius 2 is 1.83 bits per heavy atom. The number of carbonyl (C=O) groups excluding carboxylic acids is 2. The van der Waals surface area contributed by atoms with Gasteiger partial charge >= 0.3 is 5.97 Å². The van der Waals surface area contributed by atoms with Gasteiger partial charge in [-0.15, -0.1) is 0 Å². The van der Waals surface area contributed by atoms with E-state index in [4.69, 9.17) is 4.74 Å². The van der Waals surface area contributed by atoms with Gasteiger partial charge in [-0.25, -0.2) is 0 Å². The molecule has 0 radical (unpaired) electrons. The van der Waals surface area contributed by atoms with Crippen molar-refractivity contribution in [3.8, 4) is 11.5 Å². The molecule has 0 aliphatic rings. The number of rotatable bonds is 2. The van der Waals surface area contributed by atoms with Crippen LogP contribution in [0.5, 0.6) is 11.5 Å². The van der Waals surface area contributed by atoms with Gasteiger partial charge in [0, 0.05) is 6.92 Å². The highest BCUT2D eigenvalue weighted by Gasteiger charge is 2.14. The zero-order valence-electron chi connectivity index (χ0n) is 10.1. The second-order valence-electron chi connectivity index (χ2n) is 3.97. The van der Waals surface area contributed by atoms with Crippen LogP contribution < -0.4 is 4.74 Å². The second kappa shape index (κ2) is 4.49. The van der Waals surface area contributed by atoms with E-state index in [2.05, 4.69) is 0 Å². The van der Waals surface area contributed by atoms with Crippen molar-refractivity contribution in [2.24, 2.45) is 0 Å². The molecule has 2 rings (SSSR count). The molecule has 0 atom stereocenters. The third-order valence-electron chi connectivity index (χ3n) is 2.61. The van der Waals surface area contributed by atoms with Crippen LogP contribution in [0.1, 0.15) is 24.2 Å². The minimum Gasteiger partial charge on any atom is -0.506 e. The number of fused-ring (bicyclic) bond motifs is 1. The molecule has 4 nitrogen and oxygen atoms in total. The topological polar surface area (TPSA) is 63.6 Å². The molecule has 0 saturated carbocycles. The fraction of sp³-hybridized carbons (Fsp3) is 0.143. The first-order valence-electron chi connectivity index (χ1n) is 5.44. The number of aromatic hydroxyl groups is 1. The standard InChI is InChI=1S/C14H12O4/c1-8(15)11-7-6-10-4-3-5-12(18-9(2)16)13(10)14(11)17/h3-7,17H,1-2H3. The van der Waals surface area contributed by atoms with E-state index >= 15 is 0 Å². The van der Waals surface area contributed by atoms with E-state index in [9.17, 15) is 14.7 Å². The van der Waals surface area contributed by atoms with Crippen molar-refractivity contribution in [1.29, 1.82) is 0 Å². The molecular formula is C14H12O4. The largest absolute Gasteiger partial charge is 0.506 e. The molecule has 1 N–H and O–H groups in total. The van der Waals surface area contributed by atoms with E-state index in [0.29, 0.717) is 10.8 Å². The Morgan fingerprint density at radius 3 is 2.44 bits per heavy atom. The monoisotopic (exact) mass is 244 g/mol. The Hall–Kier alpha value is -2.36. The van der Waals surface area contributed by atoms with E-state index in [0.717, 1.165) is 0 Å². The lowest BCUT2D eigenvalue weighted by Gasteiger charge is -2.09. The number of Topliss-reactive ketones (excluding diaryl/α,β-unsaturated/α-hetero) is 1. The number of ketones is 1. The number of ether oxygens (including phenoxy) is 1. The van der Waals surface area contributed by atoms with Crippen molar-refractivity contribution in [3.05, 3.63) is 35.9 Å². The Balaban J connectivity index is 2.76. The summed E-state index contributed by atoms with van der Waals surface area (Å²) in [5.41, 5.74) is 0.210. The summed E-state index contributed by atoms with van der Waals surface area (Å²) in [4.78, 5) is 22.4. The van der Waals surface area contributed by atoms with Crippen molar-refractivity contribution >= 4 is 22.5 Å². The lowest BCUT2D eigenvalue weighted by molar-refractivity contribution is -0.131. The Bertz CT molecular complexity index is 644. The number of hydrogen-bond acceptors (Lipinski definition) is 4. The molecule has 0 amide bonds. The smallest absolute Gasteiger partial charge is 0.308 e. The zero-order chi connectivity index (χ0) is 13.3. The maximum Gasteiger partial charge on any atom is 0.308 e. The zero-order valence-corrected chi connectivity index (χ0v) is 10.1. The van der Waals surface area contributed by atoms with E-state index in [-0.39, 0.29) is 22.8 Å². The summed E-state index contributed by atoms with van der Waals surface area (Å²) in [7, 11) is 0. The molecule has 0 fully saturated rings. The lowest BCUT2D eigenvalue weighted by Crippen LogP contribution is -2.02. The summed E-state index contributed by atoms with van der Waals surface area (Å²) in [6.07, 6.45) is 0. The van der Waals surface area contributed by atoms with Crippen molar-refractivity contribution < 1.29 is 19.4 Å². The third-order valence-corrected chi connectivity index (χ3v) is 2.61. The third kappa shape index (κ3) is 2.05. The Morgan fingerprint density at radius 1 is 1.11 bits per heavy atom. The first-order valence-corrected chi connectivity index (χ1v) is 5.44. The fourth-order valence-corrected chi connectivity index (χ4v) is 1.85. The highest BCUT2D eigenvalue weighted by Crippen LogP contribution is 2.36. The van der Waals surface area contributed by atoms with Crippen LogP contribution in [0.25, 0.3) is 10.8 Å². The van der Waals surface area contributed by atoms with E-state index in [1.165, 1.54) is 13.8 Å². The van der Waals surface area contributed by atoms with Gasteiger partial charge in [0.1, 0.15) is 11.5 Å². The van der Waals surface area contributed by atoms with E-state index in [1.54, 1.807) is 30.3 Å². The molecule has 18 heavy (non-hydrogen) atoms. The predicted molar refractivity (Wildman–Crippen MR) is 66.9 cm³/mol. The van der Waals surface area contributed by atoms with Gasteiger partial charge in [0.15, 0.2) is 5.78 Å². The molecular weight excluding hydrogens is 232 g/mol. The molecule has 0 heterocycles. The normalized spacial score (nSPS) is 10.3. The molecule has 0 bridgehead atoms. The van der Waals surface area contributed by atoms with Crippen LogP contribution in [0.4, 0.5) is 0 Å². The van der Waals surface area contributed by atoms with Crippen molar-refractivity contribution in [1.82, 2.24) is 0 Å². The van der Waals surface area contributed by atoms with Gasteiger partial charge in [-0.05, 0) is 24.4 Å². The molecule has 2 aromatic carbocycles. The number of phenols is 1. The highest BCUT2D eigenvalue weighted by atomic mass is 16.5. The Kier molecular flexibility index (Phi) is 3.02. The number of carbonyl (C=O) groups is 2. The maximum atomic E-state index is 11.4. The summed E-state index contributed by atoms with van der Waals surface area (Å²) in [5, 5.41) is 11.2. The van der Waals surface area contributed by atoms with E-state index in [1.807, 2.05) is 0 Å². The number of esters is 1. The molecule has 4 heteroatoms. The lowest BCUT2D eigenvalue weighted by atomic mass is 10.0. The molecule has 0 unspecified atom stereocenters. The fourth-order valence-electron chi connectivity index (χ4n) is 1.85. The summed E-state index contributed by atoms with van der Waals surface area (Å²) >= 11 is 0. The summed E-state index contributed by atoms with van der Waals surface area (Å²) < 4.78 is 5.03. The molecule has 0 saturated heterocycles. The van der Waals surface area contributed by atoms with Crippen LogP contribution in [-0.4, -0.2) is 16.9 Å². The van der Waals surface area contributed by atoms with Crippen LogP contribution in [0.15, 0.2) is 30.3 Å². The average molecular weight is 244 g/mol. The van der Waals surface area contributed by atoms with Crippen LogP contribution in [0.3, 0.4) is 0 Å². The summed E-state index contributed by atoms with van der Waals surface area (Å²) in [6.45, 7) is 2.65. The van der Waals surface area contributed by atoms with Gasteiger partial charge < -0.3 is 9.84 Å². The van der Waals surface area contributed by atoms with Gasteiger partial charge in [0.2, 0.25) is 0 Å². The molecule has 0 aliphatic carbocycles. The molecule has 92 valence electrons. The second-order valence-corrected chi connectivity index (χ2v) is 3.97. The SMILES string of the molecule is CC(=O)Oc1cccc2ccc(C(C)=O)c(O)c12. The predicted octanol–water partition coefficient (Wildman–Crippen LogP) is 2.67. The quantitative estimate of drug-likeness (QED) is 0.501. The summed E-state index contributed by atoms with van der Waals surface area (Å²) in [6, 6.07) is 8.32. The highest BCUT2D eigenvalue weighted by molar-refractivity contribution is 6.05. The van der Waals surface area contributed by atoms with Crippen molar-refractivity contribution in [3.63, 3.8) is 0 Å². The Labute approximate surface area is 104 Å². The van der Waals surface area contributed by atoms with Crippen LogP contribution in [0, 0.1) is 0 Å². The molecule has 0 aromatic heterocycles. The first-order chi connectivity index (χ1) is 8.50. The first kappa shape index (κ1) is 12.1. The van der Waals surface area contributed by atoms with Crippen LogP contribution in [-0.2, 0) is 4.79 Å². The van der Waals surface area contributed by atoms with Gasteiger partial charge in [-0.3, -0.25) is 9.59 Å². The maximum absolute atomic E-state index is 11.4. The van der Waals surface area contributed by atoms with E-state index < -0.39 is 5.97 Å². The molecule has 0 spiro atoms. The molecule has 0 aliphatic heterocycles. The van der Waals surface area contributed by atoms with Gasteiger partial charge in [-0.2, -0.15) is 0 Å². The van der Waals surface area contributed by atoms with Gasteiger partial charge in [0.05, 0.1) is 10.9 Å². The van der Waals surface area contributed by atoms with Crippen LogP contribution >= 0.6 is 0 Å². The number of hydrogen-bond donors (Lipinski definition) is 1. The summed E-state index contributed by atoms with van der Waals surface area (Å²) in [5.74, 6) is -0.625. The van der Waals surface area contributed by atoms with Gasteiger partial charge in [0.25, 0.3) is 0 Å². The minimum absolute atomic E-state index is 0.156. The number of phenolic OH excluding ortho intramolecular Hbond substituents is 1. The number of benzene rings is 2. The van der Waals surface area contributed by atoms with Crippen LogP contribution in [0.2, 0.25) is 0 Å². The van der Waals surface area contributed by atoms with Crippen molar-refractivity contribution in [2.45, 2.75) is 13.8 Å². The average Bonchev–Trinajstić information content (AvgIpc) is 2.28. The minimum atomic E-state index is -0.477. The molecule has 2 aromatic rings.